The summed E-state index contributed by atoms with van der Waals surface area (Å²) in [7, 11) is 1.70. The Labute approximate surface area is 292 Å². The molecule has 3 fully saturated rings. The highest BCUT2D eigenvalue weighted by Gasteiger charge is 2.76. The van der Waals surface area contributed by atoms with Crippen molar-refractivity contribution in [1.29, 1.82) is 0 Å². The molecule has 3 amide bonds. The quantitative estimate of drug-likeness (QED) is 0.170. The average Bonchev–Trinajstić information content (AvgIpc) is 3.75. The van der Waals surface area contributed by atoms with Gasteiger partial charge in [0.15, 0.2) is 0 Å². The van der Waals surface area contributed by atoms with Gasteiger partial charge < -0.3 is 29.3 Å². The van der Waals surface area contributed by atoms with E-state index in [9.17, 15) is 24.3 Å². The molecule has 0 aliphatic carbocycles. The number of carbonyl (C=O) groups excluding carboxylic acids is 4. The minimum Gasteiger partial charge on any atom is -0.455 e. The van der Waals surface area contributed by atoms with Crippen LogP contribution in [-0.2, 0) is 28.7 Å². The molecule has 3 heterocycles. The Bertz CT molecular complexity index is 1350. The van der Waals surface area contributed by atoms with Crippen molar-refractivity contribution in [3.05, 3.63) is 61.2 Å². The topological polar surface area (TPSA) is 117 Å². The largest absolute Gasteiger partial charge is 0.455 e. The lowest BCUT2D eigenvalue weighted by Gasteiger charge is -2.42. The average molecular weight is 680 g/mol. The van der Waals surface area contributed by atoms with Crippen LogP contribution in [0.5, 0.6) is 0 Å². The van der Waals surface area contributed by atoms with E-state index in [1.54, 1.807) is 33.9 Å². The third kappa shape index (κ3) is 7.22. The van der Waals surface area contributed by atoms with Crippen molar-refractivity contribution < 1.29 is 33.8 Å². The number of nitrogens with zero attached hydrogens (tertiary/aromatic N) is 3. The Morgan fingerprint density at radius 1 is 1.14 bits per heavy atom. The van der Waals surface area contributed by atoms with Crippen LogP contribution in [0.15, 0.2) is 55.6 Å². The molecule has 10 heteroatoms. The molecule has 10 nitrogen and oxygen atoms in total. The number of rotatable bonds is 18. The minimum absolute atomic E-state index is 0.101. The Morgan fingerprint density at radius 3 is 2.43 bits per heavy atom. The Balaban J connectivity index is 1.75. The fraction of sp³-hybridized carbons (Fsp3) is 0.641. The molecule has 3 saturated heterocycles. The van der Waals surface area contributed by atoms with E-state index in [0.717, 1.165) is 18.4 Å². The van der Waals surface area contributed by atoms with Crippen LogP contribution in [0.3, 0.4) is 0 Å². The first-order valence-corrected chi connectivity index (χ1v) is 18.1. The number of likely N-dealkylation sites (tertiary alicyclic amines) is 1. The molecule has 1 unspecified atom stereocenters. The third-order valence-electron chi connectivity index (χ3n) is 11.3. The van der Waals surface area contributed by atoms with Crippen LogP contribution in [0, 0.1) is 17.8 Å². The second-order valence-corrected chi connectivity index (χ2v) is 14.2. The van der Waals surface area contributed by atoms with Crippen LogP contribution < -0.4 is 0 Å². The predicted molar refractivity (Wildman–Crippen MR) is 188 cm³/mol. The lowest BCUT2D eigenvalue weighted by Crippen LogP contribution is -2.60. The van der Waals surface area contributed by atoms with Gasteiger partial charge in [-0.05, 0) is 51.0 Å². The zero-order valence-corrected chi connectivity index (χ0v) is 30.3. The van der Waals surface area contributed by atoms with Gasteiger partial charge in [0.2, 0.25) is 17.7 Å². The summed E-state index contributed by atoms with van der Waals surface area (Å²) in [5.41, 5.74) is -0.514. The van der Waals surface area contributed by atoms with Gasteiger partial charge in [0.1, 0.15) is 17.7 Å². The summed E-state index contributed by atoms with van der Waals surface area (Å²) in [5, 5.41) is 10.7. The van der Waals surface area contributed by atoms with E-state index in [0.29, 0.717) is 32.2 Å². The highest BCUT2D eigenvalue weighted by atomic mass is 16.6. The SMILES string of the molecule is C=CCCC(=O)N(C)[C@@H](C)[C@@H](OC(=O)[C@@H]1[C@H]2C(=O)N([C@@H](CO)[C@@H](C)CC)[C@H](C(=O)N(CC=C)C(C)CCC)[C@]23CC[C@H]1O3)c1ccccc1. The molecule has 49 heavy (non-hydrogen) atoms. The van der Waals surface area contributed by atoms with E-state index in [2.05, 4.69) is 20.1 Å². The van der Waals surface area contributed by atoms with Crippen molar-refractivity contribution in [2.75, 3.05) is 20.2 Å². The Hall–Kier alpha value is -3.50. The second kappa shape index (κ2) is 16.5. The van der Waals surface area contributed by atoms with Gasteiger partial charge in [-0.3, -0.25) is 19.2 Å². The Morgan fingerprint density at radius 2 is 1.84 bits per heavy atom. The van der Waals surface area contributed by atoms with Gasteiger partial charge >= 0.3 is 5.97 Å². The molecule has 4 rings (SSSR count). The van der Waals surface area contributed by atoms with Gasteiger partial charge in [-0.1, -0.05) is 76.1 Å². The first kappa shape index (κ1) is 38.3. The highest BCUT2D eigenvalue weighted by molar-refractivity contribution is 5.98. The number of hydrogen-bond donors (Lipinski definition) is 1. The van der Waals surface area contributed by atoms with Gasteiger partial charge in [-0.25, -0.2) is 0 Å². The number of carbonyl (C=O) groups is 4. The zero-order valence-electron chi connectivity index (χ0n) is 30.3. The Kier molecular flexibility index (Phi) is 12.9. The maximum Gasteiger partial charge on any atom is 0.313 e. The maximum atomic E-state index is 14.8. The summed E-state index contributed by atoms with van der Waals surface area (Å²) < 4.78 is 13.1. The van der Waals surface area contributed by atoms with Crippen LogP contribution in [-0.4, -0.2) is 99.6 Å². The summed E-state index contributed by atoms with van der Waals surface area (Å²) >= 11 is 0. The number of benzene rings is 1. The third-order valence-corrected chi connectivity index (χ3v) is 11.3. The molecule has 0 saturated carbocycles. The summed E-state index contributed by atoms with van der Waals surface area (Å²) in [4.78, 5) is 61.9. The molecule has 3 aliphatic heterocycles. The van der Waals surface area contributed by atoms with Crippen molar-refractivity contribution in [3.8, 4) is 0 Å². The number of allylic oxidation sites excluding steroid dienone is 1. The number of aliphatic hydroxyl groups excluding tert-OH is 1. The van der Waals surface area contributed by atoms with E-state index in [4.69, 9.17) is 9.47 Å². The van der Waals surface area contributed by atoms with Crippen LogP contribution in [0.2, 0.25) is 0 Å². The lowest BCUT2D eigenvalue weighted by molar-refractivity contribution is -0.165. The normalized spacial score (nSPS) is 27.1. The molecular formula is C39H57N3O7. The minimum atomic E-state index is -1.24. The van der Waals surface area contributed by atoms with E-state index in [1.165, 1.54) is 0 Å². The number of likely N-dealkylation sites (N-methyl/N-ethyl adjacent to an activating group) is 1. The van der Waals surface area contributed by atoms with Gasteiger partial charge in [0.25, 0.3) is 0 Å². The number of hydrogen-bond acceptors (Lipinski definition) is 7. The zero-order chi connectivity index (χ0) is 36.0. The molecule has 2 bridgehead atoms. The van der Waals surface area contributed by atoms with Gasteiger partial charge in [0, 0.05) is 26.1 Å². The predicted octanol–water partition coefficient (Wildman–Crippen LogP) is 5.07. The standard InChI is InChI=1S/C39H57N3O7/c1-9-13-20-31(44)40(8)27(7)34(28-18-15-14-16-19-28)48-38(47)32-30-21-22-39(49-30)33(32)36(45)42(29(24-43)25(5)12-4)35(39)37(46)41(23-11-3)26(6)17-10-2/h9,11,14-16,18-19,25-27,29-30,32-35,43H,1,3,10,12-13,17,20-24H2,2,4-8H3/t25-,26?,27-,29-,30+,32-,33-,34+,35+,39-/m0/s1. The highest BCUT2D eigenvalue weighted by Crippen LogP contribution is 2.59. The summed E-state index contributed by atoms with van der Waals surface area (Å²) in [6, 6.07) is 7.02. The van der Waals surface area contributed by atoms with Crippen molar-refractivity contribution >= 4 is 23.7 Å². The van der Waals surface area contributed by atoms with Crippen LogP contribution in [0.4, 0.5) is 0 Å². The first-order valence-electron chi connectivity index (χ1n) is 18.1. The van der Waals surface area contributed by atoms with E-state index >= 15 is 0 Å². The second-order valence-electron chi connectivity index (χ2n) is 14.2. The van der Waals surface area contributed by atoms with Crippen molar-refractivity contribution in [2.45, 2.75) is 122 Å². The lowest BCUT2D eigenvalue weighted by atomic mass is 9.70. The number of esters is 1. The first-order chi connectivity index (χ1) is 23.4. The molecule has 3 aliphatic rings. The molecular weight excluding hydrogens is 622 g/mol. The van der Waals surface area contributed by atoms with Crippen molar-refractivity contribution in [3.63, 3.8) is 0 Å². The van der Waals surface area contributed by atoms with Gasteiger partial charge in [0.05, 0.1) is 36.6 Å². The number of fused-ring (bicyclic) bond motifs is 1. The van der Waals surface area contributed by atoms with Crippen LogP contribution in [0.25, 0.3) is 0 Å². The van der Waals surface area contributed by atoms with Crippen molar-refractivity contribution in [2.24, 2.45) is 17.8 Å². The molecule has 1 aromatic rings. The number of amides is 3. The molecule has 10 atom stereocenters. The summed E-state index contributed by atoms with van der Waals surface area (Å²) in [6.45, 7) is 17.4. The molecule has 0 aromatic heterocycles. The van der Waals surface area contributed by atoms with Gasteiger partial charge in [-0.2, -0.15) is 0 Å². The smallest absolute Gasteiger partial charge is 0.313 e. The van der Waals surface area contributed by atoms with E-state index < -0.39 is 53.7 Å². The number of aliphatic hydroxyl groups is 1. The fourth-order valence-electron chi connectivity index (χ4n) is 8.29. The van der Waals surface area contributed by atoms with Gasteiger partial charge in [-0.15, -0.1) is 13.2 Å². The fourth-order valence-corrected chi connectivity index (χ4v) is 8.29. The van der Waals surface area contributed by atoms with E-state index in [1.807, 2.05) is 58.0 Å². The summed E-state index contributed by atoms with van der Waals surface area (Å²) in [6.07, 6.45) is 6.04. The summed E-state index contributed by atoms with van der Waals surface area (Å²) in [5.74, 6) is -3.29. The van der Waals surface area contributed by atoms with Crippen LogP contribution in [0.1, 0.15) is 91.2 Å². The van der Waals surface area contributed by atoms with Crippen LogP contribution >= 0.6 is 0 Å². The monoisotopic (exact) mass is 679 g/mol. The number of ether oxygens (including phenoxy) is 2. The molecule has 0 radical (unpaired) electrons. The van der Waals surface area contributed by atoms with Crippen molar-refractivity contribution in [1.82, 2.24) is 14.7 Å². The maximum absolute atomic E-state index is 14.8. The molecule has 270 valence electrons. The molecule has 1 aromatic carbocycles. The molecule has 1 N–H and O–H groups in total. The van der Waals surface area contributed by atoms with E-state index in [-0.39, 0.29) is 42.7 Å². The molecule has 1 spiro atoms.